The predicted octanol–water partition coefficient (Wildman–Crippen LogP) is 0.441. The maximum Gasteiger partial charge on any atom is 0.191 e. The van der Waals surface area contributed by atoms with E-state index in [-0.39, 0.29) is 0 Å². The van der Waals surface area contributed by atoms with E-state index in [1.807, 2.05) is 13.8 Å². The van der Waals surface area contributed by atoms with Crippen LogP contribution in [0.2, 0.25) is 0 Å². The molecule has 1 atom stereocenters. The molecular formula is C18H36N4O3. The molecule has 1 aliphatic carbocycles. The van der Waals surface area contributed by atoms with Crippen LogP contribution in [0.15, 0.2) is 4.99 Å². The molecule has 1 saturated heterocycles. The fraction of sp³-hybridized carbons (Fsp3) is 0.944. The molecule has 0 amide bonds. The molecular weight excluding hydrogens is 320 g/mol. The Morgan fingerprint density at radius 1 is 1.32 bits per heavy atom. The van der Waals surface area contributed by atoms with Crippen molar-refractivity contribution in [3.8, 4) is 0 Å². The van der Waals surface area contributed by atoms with Crippen molar-refractivity contribution in [2.75, 3.05) is 65.7 Å². The lowest BCUT2D eigenvalue weighted by atomic mass is 10.1. The number of guanidine groups is 1. The van der Waals surface area contributed by atoms with Crippen LogP contribution in [0.1, 0.15) is 33.1 Å². The molecule has 0 spiro atoms. The number of nitrogens with one attached hydrogen (secondary N) is 2. The summed E-state index contributed by atoms with van der Waals surface area (Å²) in [6.07, 6.45) is 3.63. The lowest BCUT2D eigenvalue weighted by Crippen LogP contribution is -2.48. The molecule has 0 aromatic carbocycles. The Morgan fingerprint density at radius 3 is 2.76 bits per heavy atom. The van der Waals surface area contributed by atoms with Crippen LogP contribution >= 0.6 is 0 Å². The van der Waals surface area contributed by atoms with E-state index in [9.17, 15) is 5.11 Å². The monoisotopic (exact) mass is 356 g/mol. The highest BCUT2D eigenvalue weighted by Crippen LogP contribution is 2.28. The second-order valence-corrected chi connectivity index (χ2v) is 7.38. The van der Waals surface area contributed by atoms with Crippen LogP contribution in [0.3, 0.4) is 0 Å². The summed E-state index contributed by atoms with van der Waals surface area (Å²) in [5.41, 5.74) is -0.840. The summed E-state index contributed by atoms with van der Waals surface area (Å²) >= 11 is 0. The Balaban J connectivity index is 1.65. The zero-order valence-corrected chi connectivity index (χ0v) is 15.9. The van der Waals surface area contributed by atoms with Crippen molar-refractivity contribution in [3.63, 3.8) is 0 Å². The minimum Gasteiger partial charge on any atom is -0.387 e. The van der Waals surface area contributed by atoms with Crippen LogP contribution in [-0.2, 0) is 9.47 Å². The lowest BCUT2D eigenvalue weighted by molar-refractivity contribution is -0.0180. The Kier molecular flexibility index (Phi) is 8.95. The molecule has 0 aromatic heterocycles. The second kappa shape index (κ2) is 11.0. The predicted molar refractivity (Wildman–Crippen MR) is 100 cm³/mol. The number of morpholine rings is 1. The van der Waals surface area contributed by atoms with Gasteiger partial charge in [0.25, 0.3) is 0 Å². The highest BCUT2D eigenvalue weighted by molar-refractivity contribution is 5.79. The molecule has 7 heteroatoms. The Bertz CT molecular complexity index is 394. The SMILES string of the molecule is CCNC(=NCC(C)(O)CN1CCOCC1)NCCCOCC1CC1. The van der Waals surface area contributed by atoms with Gasteiger partial charge in [-0.05, 0) is 39.0 Å². The number of aliphatic imine (C=N–C) groups is 1. The number of hydrogen-bond donors (Lipinski definition) is 3. The molecule has 2 rings (SSSR count). The molecule has 0 bridgehead atoms. The maximum absolute atomic E-state index is 10.6. The van der Waals surface area contributed by atoms with E-state index in [1.54, 1.807) is 0 Å². The van der Waals surface area contributed by atoms with Crippen molar-refractivity contribution in [2.45, 2.75) is 38.7 Å². The standard InChI is InChI=1S/C18H36N4O3/c1-3-19-17(20-7-4-10-25-13-16-5-6-16)21-14-18(2,23)15-22-8-11-24-12-9-22/h16,23H,3-15H2,1-2H3,(H2,19,20,21). The third-order valence-electron chi connectivity index (χ3n) is 4.40. The number of hydrogen-bond acceptors (Lipinski definition) is 5. The Morgan fingerprint density at radius 2 is 2.08 bits per heavy atom. The number of ether oxygens (including phenoxy) is 2. The van der Waals surface area contributed by atoms with Gasteiger partial charge in [-0.2, -0.15) is 0 Å². The van der Waals surface area contributed by atoms with E-state index in [4.69, 9.17) is 9.47 Å². The first-order valence-electron chi connectivity index (χ1n) is 9.71. The van der Waals surface area contributed by atoms with Crippen molar-refractivity contribution in [1.29, 1.82) is 0 Å². The lowest BCUT2D eigenvalue weighted by Gasteiger charge is -2.33. The van der Waals surface area contributed by atoms with Gasteiger partial charge in [0.2, 0.25) is 0 Å². The molecule has 25 heavy (non-hydrogen) atoms. The first-order valence-corrected chi connectivity index (χ1v) is 9.71. The van der Waals surface area contributed by atoms with Gasteiger partial charge in [-0.25, -0.2) is 0 Å². The van der Waals surface area contributed by atoms with Gasteiger partial charge >= 0.3 is 0 Å². The number of rotatable bonds is 11. The number of nitrogens with zero attached hydrogens (tertiary/aromatic N) is 2. The molecule has 7 nitrogen and oxygen atoms in total. The van der Waals surface area contributed by atoms with Crippen molar-refractivity contribution in [3.05, 3.63) is 0 Å². The summed E-state index contributed by atoms with van der Waals surface area (Å²) in [4.78, 5) is 6.79. The van der Waals surface area contributed by atoms with Crippen LogP contribution in [0, 0.1) is 5.92 Å². The topological polar surface area (TPSA) is 78.4 Å². The van der Waals surface area contributed by atoms with Gasteiger partial charge in [-0.3, -0.25) is 9.89 Å². The first kappa shape index (κ1) is 20.4. The van der Waals surface area contributed by atoms with E-state index in [0.29, 0.717) is 13.1 Å². The van der Waals surface area contributed by atoms with Crippen LogP contribution in [0.4, 0.5) is 0 Å². The van der Waals surface area contributed by atoms with Crippen LogP contribution in [0.25, 0.3) is 0 Å². The molecule has 2 fully saturated rings. The quantitative estimate of drug-likeness (QED) is 0.283. The maximum atomic E-state index is 10.6. The summed E-state index contributed by atoms with van der Waals surface area (Å²) in [7, 11) is 0. The van der Waals surface area contributed by atoms with Crippen molar-refractivity contribution in [1.82, 2.24) is 15.5 Å². The number of aliphatic hydroxyl groups is 1. The molecule has 146 valence electrons. The van der Waals surface area contributed by atoms with E-state index in [0.717, 1.165) is 70.9 Å². The van der Waals surface area contributed by atoms with Crippen LogP contribution < -0.4 is 10.6 Å². The summed E-state index contributed by atoms with van der Waals surface area (Å²) in [5.74, 6) is 1.58. The summed E-state index contributed by atoms with van der Waals surface area (Å²) in [6, 6.07) is 0. The fourth-order valence-electron chi connectivity index (χ4n) is 2.80. The van der Waals surface area contributed by atoms with E-state index >= 15 is 0 Å². The Hall–Kier alpha value is -0.890. The molecule has 1 unspecified atom stereocenters. The van der Waals surface area contributed by atoms with Crippen molar-refractivity contribution >= 4 is 5.96 Å². The summed E-state index contributed by atoms with van der Waals surface area (Å²) in [6.45, 7) is 11.4. The summed E-state index contributed by atoms with van der Waals surface area (Å²) in [5, 5.41) is 17.2. The molecule has 2 aliphatic rings. The molecule has 1 saturated carbocycles. The zero-order valence-electron chi connectivity index (χ0n) is 15.9. The number of β-amino-alcohol motifs (C(OH)–C–C–N with tert-alkyl or cyclic N) is 1. The van der Waals surface area contributed by atoms with E-state index in [1.165, 1.54) is 12.8 Å². The van der Waals surface area contributed by atoms with Gasteiger partial charge in [-0.15, -0.1) is 0 Å². The van der Waals surface area contributed by atoms with Gasteiger partial charge < -0.3 is 25.2 Å². The minimum atomic E-state index is -0.840. The van der Waals surface area contributed by atoms with Gasteiger partial charge in [0.15, 0.2) is 5.96 Å². The first-order chi connectivity index (χ1) is 12.1. The third kappa shape index (κ3) is 9.39. The van der Waals surface area contributed by atoms with Gasteiger partial charge in [0.1, 0.15) is 0 Å². The van der Waals surface area contributed by atoms with Crippen LogP contribution in [0.5, 0.6) is 0 Å². The molecule has 1 heterocycles. The molecule has 0 radical (unpaired) electrons. The molecule has 3 N–H and O–H groups in total. The summed E-state index contributed by atoms with van der Waals surface area (Å²) < 4.78 is 11.0. The fourth-order valence-corrected chi connectivity index (χ4v) is 2.80. The van der Waals surface area contributed by atoms with Gasteiger partial charge in [-0.1, -0.05) is 0 Å². The van der Waals surface area contributed by atoms with E-state index < -0.39 is 5.60 Å². The van der Waals surface area contributed by atoms with Crippen molar-refractivity contribution in [2.24, 2.45) is 10.9 Å². The highest BCUT2D eigenvalue weighted by atomic mass is 16.5. The van der Waals surface area contributed by atoms with Crippen LogP contribution in [-0.4, -0.2) is 87.3 Å². The molecule has 0 aromatic rings. The highest BCUT2D eigenvalue weighted by Gasteiger charge is 2.25. The minimum absolute atomic E-state index is 0.373. The Labute approximate surface area is 152 Å². The average Bonchev–Trinajstić information content (AvgIpc) is 3.40. The third-order valence-corrected chi connectivity index (χ3v) is 4.40. The normalized spacial score (nSPS) is 21.8. The average molecular weight is 357 g/mol. The molecule has 1 aliphatic heterocycles. The largest absolute Gasteiger partial charge is 0.387 e. The smallest absolute Gasteiger partial charge is 0.191 e. The van der Waals surface area contributed by atoms with Gasteiger partial charge in [0.05, 0.1) is 25.4 Å². The van der Waals surface area contributed by atoms with Crippen molar-refractivity contribution < 1.29 is 14.6 Å². The van der Waals surface area contributed by atoms with Gasteiger partial charge in [0, 0.05) is 45.9 Å². The zero-order chi connectivity index (χ0) is 18.0. The second-order valence-electron chi connectivity index (χ2n) is 7.38. The van der Waals surface area contributed by atoms with E-state index in [2.05, 4.69) is 20.5 Å².